The van der Waals surface area contributed by atoms with Gasteiger partial charge in [-0.25, -0.2) is 0 Å². The molecule has 3 rings (SSSR count). The summed E-state index contributed by atoms with van der Waals surface area (Å²) < 4.78 is 0. The number of rotatable bonds is 2. The van der Waals surface area contributed by atoms with Crippen molar-refractivity contribution in [3.8, 4) is 0 Å². The number of carbonyl (C=O) groups excluding carboxylic acids is 1. The normalized spacial score (nSPS) is 19.9. The molecule has 0 saturated heterocycles. The summed E-state index contributed by atoms with van der Waals surface area (Å²) in [5.41, 5.74) is 5.10. The molecule has 1 aromatic heterocycles. The van der Waals surface area contributed by atoms with Crippen LogP contribution in [0.5, 0.6) is 0 Å². The smallest absolute Gasteiger partial charge is 0.136 e. The predicted octanol–water partition coefficient (Wildman–Crippen LogP) is 3.70. The second-order valence-electron chi connectivity index (χ2n) is 5.58. The summed E-state index contributed by atoms with van der Waals surface area (Å²) in [4.78, 5) is 15.1. The van der Waals surface area contributed by atoms with Gasteiger partial charge in [0.15, 0.2) is 0 Å². The molecular formula is C16H19NO. The topological polar surface area (TPSA) is 32.9 Å². The molecule has 0 aliphatic heterocycles. The number of benzene rings is 1. The molecule has 2 heteroatoms. The van der Waals surface area contributed by atoms with Gasteiger partial charge in [-0.3, -0.25) is 4.79 Å². The Morgan fingerprint density at radius 2 is 2.17 bits per heavy atom. The first-order valence-electron chi connectivity index (χ1n) is 6.75. The van der Waals surface area contributed by atoms with Crippen LogP contribution in [0.4, 0.5) is 0 Å². The van der Waals surface area contributed by atoms with E-state index in [0.717, 1.165) is 25.7 Å². The van der Waals surface area contributed by atoms with E-state index in [1.54, 1.807) is 0 Å². The molecular weight excluding hydrogens is 222 g/mol. The van der Waals surface area contributed by atoms with Crippen LogP contribution in [-0.2, 0) is 11.2 Å². The molecule has 94 valence electrons. The minimum Gasteiger partial charge on any atom is -0.361 e. The highest BCUT2D eigenvalue weighted by molar-refractivity contribution is 5.89. The van der Waals surface area contributed by atoms with Crippen molar-refractivity contribution >= 4 is 16.7 Å². The average Bonchev–Trinajstić information content (AvgIpc) is 2.87. The number of H-pyrrole nitrogens is 1. The molecule has 1 aromatic carbocycles. The molecule has 0 radical (unpaired) electrons. The second kappa shape index (κ2) is 4.27. The zero-order valence-electron chi connectivity index (χ0n) is 11.0. The van der Waals surface area contributed by atoms with Gasteiger partial charge in [0.25, 0.3) is 0 Å². The summed E-state index contributed by atoms with van der Waals surface area (Å²) in [6.07, 6.45) is 5.91. The highest BCUT2D eigenvalue weighted by Gasteiger charge is 2.25. The Bertz CT molecular complexity index is 609. The number of aromatic nitrogens is 1. The van der Waals surface area contributed by atoms with Gasteiger partial charge >= 0.3 is 0 Å². The van der Waals surface area contributed by atoms with Gasteiger partial charge in [-0.2, -0.15) is 0 Å². The van der Waals surface area contributed by atoms with Crippen LogP contribution >= 0.6 is 0 Å². The van der Waals surface area contributed by atoms with E-state index in [1.807, 2.05) is 0 Å². The van der Waals surface area contributed by atoms with Crippen LogP contribution < -0.4 is 0 Å². The van der Waals surface area contributed by atoms with Gasteiger partial charge in [-0.05, 0) is 55.9 Å². The second-order valence-corrected chi connectivity index (χ2v) is 5.58. The molecule has 1 heterocycles. The van der Waals surface area contributed by atoms with Gasteiger partial charge in [0.1, 0.15) is 5.78 Å². The molecule has 1 fully saturated rings. The van der Waals surface area contributed by atoms with E-state index in [0.29, 0.717) is 5.78 Å². The monoisotopic (exact) mass is 241 g/mol. The molecule has 0 bridgehead atoms. The third-order valence-electron chi connectivity index (χ3n) is 4.10. The molecule has 18 heavy (non-hydrogen) atoms. The molecule has 1 atom stereocenters. The highest BCUT2D eigenvalue weighted by Crippen LogP contribution is 2.30. The van der Waals surface area contributed by atoms with Gasteiger partial charge in [-0.15, -0.1) is 0 Å². The molecule has 1 saturated carbocycles. The summed E-state index contributed by atoms with van der Waals surface area (Å²) in [5.74, 6) is 0.707. The first-order valence-corrected chi connectivity index (χ1v) is 6.75. The Morgan fingerprint density at radius 3 is 2.89 bits per heavy atom. The molecule has 2 aromatic rings. The molecule has 2 nitrogen and oxygen atoms in total. The summed E-state index contributed by atoms with van der Waals surface area (Å²) in [5, 5.41) is 1.32. The third kappa shape index (κ3) is 1.86. The molecule has 1 aliphatic rings. The fourth-order valence-corrected chi connectivity index (χ4v) is 3.27. The van der Waals surface area contributed by atoms with Crippen molar-refractivity contribution in [2.24, 2.45) is 5.92 Å². The number of ketones is 1. The van der Waals surface area contributed by atoms with E-state index in [4.69, 9.17) is 0 Å². The predicted molar refractivity (Wildman–Crippen MR) is 73.8 cm³/mol. The number of carbonyl (C=O) groups is 1. The van der Waals surface area contributed by atoms with Crippen LogP contribution in [0.1, 0.15) is 36.0 Å². The quantitative estimate of drug-likeness (QED) is 0.854. The van der Waals surface area contributed by atoms with E-state index in [-0.39, 0.29) is 5.92 Å². The van der Waals surface area contributed by atoms with E-state index in [9.17, 15) is 4.79 Å². The fourth-order valence-electron chi connectivity index (χ4n) is 3.27. The highest BCUT2D eigenvalue weighted by atomic mass is 16.1. The molecule has 0 amide bonds. The van der Waals surface area contributed by atoms with Crippen LogP contribution in [0.25, 0.3) is 10.9 Å². The molecule has 1 N–H and O–H groups in total. The Hall–Kier alpha value is -1.57. The minimum absolute atomic E-state index is 0.254. The van der Waals surface area contributed by atoms with E-state index in [2.05, 4.69) is 37.2 Å². The Kier molecular flexibility index (Phi) is 2.73. The first kappa shape index (κ1) is 11.5. The zero-order valence-corrected chi connectivity index (χ0v) is 11.0. The maximum atomic E-state index is 11.8. The van der Waals surface area contributed by atoms with E-state index < -0.39 is 0 Å². The number of nitrogens with one attached hydrogen (secondary N) is 1. The van der Waals surface area contributed by atoms with Crippen LogP contribution in [0.15, 0.2) is 18.3 Å². The van der Waals surface area contributed by atoms with Crippen molar-refractivity contribution in [2.45, 2.75) is 39.5 Å². The van der Waals surface area contributed by atoms with Crippen LogP contribution in [0, 0.1) is 19.8 Å². The number of aromatic amines is 1. The number of fused-ring (bicyclic) bond motifs is 1. The van der Waals surface area contributed by atoms with Crippen molar-refractivity contribution in [1.29, 1.82) is 0 Å². The number of hydrogen-bond donors (Lipinski definition) is 1. The van der Waals surface area contributed by atoms with Crippen molar-refractivity contribution in [3.63, 3.8) is 0 Å². The maximum absolute atomic E-state index is 11.8. The SMILES string of the molecule is Cc1cc(C)c2c(CC3CCCC3=O)c[nH]c2c1. The van der Waals surface area contributed by atoms with Gasteiger partial charge < -0.3 is 4.98 Å². The molecule has 0 spiro atoms. The van der Waals surface area contributed by atoms with Crippen molar-refractivity contribution in [3.05, 3.63) is 35.0 Å². The Labute approximate surface area is 107 Å². The third-order valence-corrected chi connectivity index (χ3v) is 4.10. The van der Waals surface area contributed by atoms with Crippen LogP contribution in [0.2, 0.25) is 0 Å². The lowest BCUT2D eigenvalue weighted by Gasteiger charge is -2.08. The first-order chi connectivity index (χ1) is 8.65. The van der Waals surface area contributed by atoms with Crippen LogP contribution in [0.3, 0.4) is 0 Å². The average molecular weight is 241 g/mol. The van der Waals surface area contributed by atoms with Gasteiger partial charge in [0.05, 0.1) is 0 Å². The van der Waals surface area contributed by atoms with Crippen LogP contribution in [-0.4, -0.2) is 10.8 Å². The Morgan fingerprint density at radius 1 is 1.33 bits per heavy atom. The zero-order chi connectivity index (χ0) is 12.7. The fraction of sp³-hybridized carbons (Fsp3) is 0.438. The maximum Gasteiger partial charge on any atom is 0.136 e. The summed E-state index contributed by atoms with van der Waals surface area (Å²) >= 11 is 0. The lowest BCUT2D eigenvalue weighted by Crippen LogP contribution is -2.09. The van der Waals surface area contributed by atoms with Crippen molar-refractivity contribution in [2.75, 3.05) is 0 Å². The summed E-state index contributed by atoms with van der Waals surface area (Å²) in [6, 6.07) is 4.40. The molecule has 1 aliphatic carbocycles. The number of aryl methyl sites for hydroxylation is 2. The number of Topliss-reactive ketones (excluding diaryl/α,β-unsaturated/α-hetero) is 1. The van der Waals surface area contributed by atoms with Gasteiger partial charge in [-0.1, -0.05) is 6.07 Å². The van der Waals surface area contributed by atoms with E-state index in [1.165, 1.54) is 27.6 Å². The van der Waals surface area contributed by atoms with Crippen molar-refractivity contribution < 1.29 is 4.79 Å². The van der Waals surface area contributed by atoms with Gasteiger partial charge in [0, 0.05) is 29.4 Å². The van der Waals surface area contributed by atoms with E-state index >= 15 is 0 Å². The largest absolute Gasteiger partial charge is 0.361 e. The minimum atomic E-state index is 0.254. The Balaban J connectivity index is 2.00. The standard InChI is InChI=1S/C16H19NO/c1-10-6-11(2)16-13(9-17-14(16)7-10)8-12-4-3-5-15(12)18/h6-7,9,12,17H,3-5,8H2,1-2H3. The lowest BCUT2D eigenvalue weighted by molar-refractivity contribution is -0.120. The lowest BCUT2D eigenvalue weighted by atomic mass is 9.95. The molecule has 1 unspecified atom stereocenters. The van der Waals surface area contributed by atoms with Crippen molar-refractivity contribution in [1.82, 2.24) is 4.98 Å². The van der Waals surface area contributed by atoms with Gasteiger partial charge in [0.2, 0.25) is 0 Å². The summed E-state index contributed by atoms with van der Waals surface area (Å²) in [6.45, 7) is 4.27. The summed E-state index contributed by atoms with van der Waals surface area (Å²) in [7, 11) is 0. The number of hydrogen-bond acceptors (Lipinski definition) is 1.